The number of aryl methyl sites for hydroxylation is 1. The van der Waals surface area contributed by atoms with Crippen LogP contribution in [0, 0.1) is 0 Å². The van der Waals surface area contributed by atoms with Crippen molar-refractivity contribution in [2.75, 3.05) is 23.7 Å². The van der Waals surface area contributed by atoms with Gasteiger partial charge in [0.15, 0.2) is 0 Å². The molecule has 14 heteroatoms. The lowest BCUT2D eigenvalue weighted by Gasteiger charge is -2.31. The van der Waals surface area contributed by atoms with E-state index < -0.39 is 33.9 Å². The Kier molecular flexibility index (Phi) is 6.51. The minimum Gasteiger partial charge on any atom is -0.391 e. The first-order valence-corrected chi connectivity index (χ1v) is 12.1. The number of alkyl halides is 3. The van der Waals surface area contributed by atoms with Gasteiger partial charge in [0.25, 0.3) is 0 Å². The van der Waals surface area contributed by atoms with Crippen molar-refractivity contribution in [3.05, 3.63) is 24.2 Å². The molecule has 3 N–H and O–H groups in total. The maximum absolute atomic E-state index is 13.4. The van der Waals surface area contributed by atoms with Crippen LogP contribution in [-0.2, 0) is 23.2 Å². The molecule has 10 nitrogen and oxygen atoms in total. The predicted molar refractivity (Wildman–Crippen MR) is 113 cm³/mol. The zero-order valence-corrected chi connectivity index (χ0v) is 18.8. The fourth-order valence-electron chi connectivity index (χ4n) is 4.16. The smallest absolute Gasteiger partial charge is 0.391 e. The molecule has 0 radical (unpaired) electrons. The van der Waals surface area contributed by atoms with Crippen molar-refractivity contribution < 1.29 is 26.7 Å². The predicted octanol–water partition coefficient (Wildman–Crippen LogP) is 1.82. The molecular formula is C19H26F3N7O3S. The molecule has 2 aromatic heterocycles. The van der Waals surface area contributed by atoms with E-state index in [2.05, 4.69) is 25.7 Å². The summed E-state index contributed by atoms with van der Waals surface area (Å²) < 4.78 is 68.5. The third-order valence-corrected chi connectivity index (χ3v) is 7.85. The molecule has 0 unspecified atom stereocenters. The number of aliphatic hydroxyl groups is 1. The van der Waals surface area contributed by atoms with E-state index in [0.29, 0.717) is 25.7 Å². The lowest BCUT2D eigenvalue weighted by Crippen LogP contribution is -2.42. The third kappa shape index (κ3) is 5.22. The van der Waals surface area contributed by atoms with Gasteiger partial charge in [0, 0.05) is 38.6 Å². The van der Waals surface area contributed by atoms with E-state index in [0.717, 1.165) is 12.6 Å². The largest absolute Gasteiger partial charge is 0.421 e. The van der Waals surface area contributed by atoms with E-state index >= 15 is 0 Å². The normalized spacial score (nSPS) is 23.1. The van der Waals surface area contributed by atoms with Crippen LogP contribution in [0.25, 0.3) is 0 Å². The molecule has 2 aromatic rings. The average molecular weight is 490 g/mol. The van der Waals surface area contributed by atoms with Crippen LogP contribution in [0.5, 0.6) is 0 Å². The summed E-state index contributed by atoms with van der Waals surface area (Å²) in [6.07, 6.45) is 0.751. The van der Waals surface area contributed by atoms with Crippen LogP contribution in [0.1, 0.15) is 37.7 Å². The van der Waals surface area contributed by atoms with Crippen LogP contribution in [-0.4, -0.2) is 68.9 Å². The Morgan fingerprint density at radius 2 is 1.85 bits per heavy atom. The Morgan fingerprint density at radius 3 is 2.42 bits per heavy atom. The van der Waals surface area contributed by atoms with Crippen LogP contribution in [0.3, 0.4) is 0 Å². The highest BCUT2D eigenvalue weighted by Crippen LogP contribution is 2.35. The van der Waals surface area contributed by atoms with Gasteiger partial charge in [-0.3, -0.25) is 4.68 Å². The van der Waals surface area contributed by atoms with Crippen LogP contribution in [0.2, 0.25) is 0 Å². The summed E-state index contributed by atoms with van der Waals surface area (Å²) >= 11 is 0. The Balaban J connectivity index is 1.43. The number of aromatic nitrogens is 4. The molecule has 1 saturated heterocycles. The number of rotatable bonds is 6. The molecule has 1 saturated carbocycles. The Labute approximate surface area is 189 Å². The molecule has 1 aliphatic carbocycles. The second-order valence-electron chi connectivity index (χ2n) is 8.38. The summed E-state index contributed by atoms with van der Waals surface area (Å²) in [5.41, 5.74) is -0.996. The summed E-state index contributed by atoms with van der Waals surface area (Å²) in [6.45, 7) is 0.490. The minimum absolute atomic E-state index is 0.0200. The number of nitrogens with zero attached hydrogens (tertiary/aromatic N) is 5. The Bertz CT molecular complexity index is 1080. The summed E-state index contributed by atoms with van der Waals surface area (Å²) in [7, 11) is -2.02. The number of halogens is 3. The van der Waals surface area contributed by atoms with Crippen molar-refractivity contribution in [2.45, 2.75) is 61.4 Å². The van der Waals surface area contributed by atoms with Crippen LogP contribution in [0.4, 0.5) is 24.9 Å². The number of piperidine rings is 1. The summed E-state index contributed by atoms with van der Waals surface area (Å²) in [5.74, 6) is -0.353. The molecule has 0 aromatic carbocycles. The van der Waals surface area contributed by atoms with E-state index in [4.69, 9.17) is 0 Å². The number of anilines is 2. The molecule has 2 atom stereocenters. The maximum Gasteiger partial charge on any atom is 0.421 e. The van der Waals surface area contributed by atoms with Crippen molar-refractivity contribution >= 4 is 21.8 Å². The fourth-order valence-corrected chi connectivity index (χ4v) is 5.61. The lowest BCUT2D eigenvalue weighted by molar-refractivity contribution is -0.137. The molecule has 3 heterocycles. The second kappa shape index (κ2) is 9.06. The Hall–Kier alpha value is -2.45. The van der Waals surface area contributed by atoms with Crippen LogP contribution in [0.15, 0.2) is 23.5 Å². The monoisotopic (exact) mass is 489 g/mol. The van der Waals surface area contributed by atoms with Crippen molar-refractivity contribution in [1.82, 2.24) is 24.1 Å². The molecule has 0 amide bonds. The number of hydrogen-bond acceptors (Lipinski definition) is 8. The van der Waals surface area contributed by atoms with Crippen molar-refractivity contribution in [1.29, 1.82) is 0 Å². The molecule has 182 valence electrons. The lowest BCUT2D eigenvalue weighted by atomic mass is 10.1. The van der Waals surface area contributed by atoms with Gasteiger partial charge in [-0.05, 0) is 32.1 Å². The topological polar surface area (TPSA) is 125 Å². The molecule has 0 spiro atoms. The highest BCUT2D eigenvalue weighted by Gasteiger charge is 2.37. The van der Waals surface area contributed by atoms with Crippen LogP contribution >= 0.6 is 0 Å². The summed E-state index contributed by atoms with van der Waals surface area (Å²) in [5, 5.41) is 19.6. The number of sulfonamides is 1. The molecule has 2 fully saturated rings. The van der Waals surface area contributed by atoms with Gasteiger partial charge in [0.05, 0.1) is 18.3 Å². The van der Waals surface area contributed by atoms with Crippen molar-refractivity contribution in [3.63, 3.8) is 0 Å². The van der Waals surface area contributed by atoms with E-state index in [1.165, 1.54) is 21.4 Å². The minimum atomic E-state index is -4.64. The van der Waals surface area contributed by atoms with Gasteiger partial charge in [-0.1, -0.05) is 0 Å². The highest BCUT2D eigenvalue weighted by atomic mass is 32.2. The molecule has 0 bridgehead atoms. The van der Waals surface area contributed by atoms with Gasteiger partial charge < -0.3 is 15.7 Å². The van der Waals surface area contributed by atoms with Gasteiger partial charge in [-0.25, -0.2) is 13.4 Å². The number of hydrogen-bond donors (Lipinski definition) is 3. The van der Waals surface area contributed by atoms with Gasteiger partial charge in [0.2, 0.25) is 16.0 Å². The van der Waals surface area contributed by atoms with E-state index in [1.54, 1.807) is 7.05 Å². The standard InChI is InChI=1S/C19H26F3N7O3S/c1-28-11-13(9-24-28)33(31,32)29-7-5-12(6-8-29)25-18-23-10-14(19(20,21)22)17(27-18)26-15-3-2-4-16(15)30/h9-12,15-16,30H,2-8H2,1H3,(H2,23,25,26,27)/t15-,16-/m1/s1. The molecular weight excluding hydrogens is 463 g/mol. The summed E-state index contributed by atoms with van der Waals surface area (Å²) in [6, 6.07) is -0.707. The number of aliphatic hydroxyl groups excluding tert-OH is 1. The first-order chi connectivity index (χ1) is 15.5. The summed E-state index contributed by atoms with van der Waals surface area (Å²) in [4.78, 5) is 7.98. The first-order valence-electron chi connectivity index (χ1n) is 10.7. The van der Waals surface area contributed by atoms with Gasteiger partial charge in [-0.15, -0.1) is 0 Å². The molecule has 1 aliphatic heterocycles. The molecule has 33 heavy (non-hydrogen) atoms. The molecule has 2 aliphatic rings. The van der Waals surface area contributed by atoms with E-state index in [-0.39, 0.29) is 35.8 Å². The Morgan fingerprint density at radius 1 is 1.12 bits per heavy atom. The van der Waals surface area contributed by atoms with Crippen molar-refractivity contribution in [3.8, 4) is 0 Å². The third-order valence-electron chi connectivity index (χ3n) is 6.00. The first kappa shape index (κ1) is 23.7. The highest BCUT2D eigenvalue weighted by molar-refractivity contribution is 7.89. The second-order valence-corrected chi connectivity index (χ2v) is 10.3. The van der Waals surface area contributed by atoms with Crippen LogP contribution < -0.4 is 10.6 Å². The van der Waals surface area contributed by atoms with Gasteiger partial charge in [0.1, 0.15) is 16.3 Å². The van der Waals surface area contributed by atoms with E-state index in [1.807, 2.05) is 0 Å². The quantitative estimate of drug-likeness (QED) is 0.561. The number of nitrogens with one attached hydrogen (secondary N) is 2. The zero-order chi connectivity index (χ0) is 23.8. The fraction of sp³-hybridized carbons (Fsp3) is 0.632. The SMILES string of the molecule is Cn1cc(S(=O)(=O)N2CCC(Nc3ncc(C(F)(F)F)c(N[C@@H]4CCC[C@H]4O)n3)CC2)cn1. The van der Waals surface area contributed by atoms with E-state index in [9.17, 15) is 26.7 Å². The van der Waals surface area contributed by atoms with Gasteiger partial charge >= 0.3 is 6.18 Å². The maximum atomic E-state index is 13.4. The van der Waals surface area contributed by atoms with Crippen molar-refractivity contribution in [2.24, 2.45) is 7.05 Å². The van der Waals surface area contributed by atoms with Gasteiger partial charge in [-0.2, -0.15) is 27.6 Å². The molecule has 4 rings (SSSR count). The zero-order valence-electron chi connectivity index (χ0n) is 18.0. The average Bonchev–Trinajstić information content (AvgIpc) is 3.36.